The van der Waals surface area contributed by atoms with Crippen LogP contribution in [-0.2, 0) is 33.2 Å². The van der Waals surface area contributed by atoms with Gasteiger partial charge >= 0.3 is 12.3 Å². The standard InChI is InChI=1S/C29H36ClF4NO5/c1-26(2,3)40-25(36)35-28(17-38-27(4,5)39-18-28)13-12-20-9-11-24(21(15-20)29(32,33)34)37-14-6-7-19-8-10-23(31)22(30)16-19/h8-11,15-16H,6-7,12-14,17-18H2,1-5H3,(H,35,36). The van der Waals surface area contributed by atoms with E-state index in [1.54, 1.807) is 46.8 Å². The monoisotopic (exact) mass is 589 g/mol. The van der Waals surface area contributed by atoms with Gasteiger partial charge in [0.25, 0.3) is 0 Å². The molecule has 2 aromatic carbocycles. The second-order valence-corrected chi connectivity index (χ2v) is 11.8. The molecule has 2 aromatic rings. The Morgan fingerprint density at radius 3 is 2.25 bits per heavy atom. The largest absolute Gasteiger partial charge is 0.493 e. The first kappa shape index (κ1) is 32.0. The minimum atomic E-state index is -4.64. The van der Waals surface area contributed by atoms with E-state index in [-0.39, 0.29) is 43.4 Å². The molecule has 3 rings (SSSR count). The molecule has 1 saturated heterocycles. The van der Waals surface area contributed by atoms with Crippen LogP contribution >= 0.6 is 11.6 Å². The zero-order valence-electron chi connectivity index (χ0n) is 23.3. The quantitative estimate of drug-likeness (QED) is 0.242. The van der Waals surface area contributed by atoms with Crippen molar-refractivity contribution in [3.63, 3.8) is 0 Å². The molecule has 0 bridgehead atoms. The number of hydrogen-bond donors (Lipinski definition) is 1. The predicted octanol–water partition coefficient (Wildman–Crippen LogP) is 7.49. The van der Waals surface area contributed by atoms with Crippen molar-refractivity contribution in [1.82, 2.24) is 5.32 Å². The van der Waals surface area contributed by atoms with Crippen LogP contribution in [0.4, 0.5) is 22.4 Å². The molecule has 6 nitrogen and oxygen atoms in total. The molecular weight excluding hydrogens is 554 g/mol. The Labute approximate surface area is 237 Å². The van der Waals surface area contributed by atoms with Crippen LogP contribution in [0.1, 0.15) is 64.2 Å². The highest BCUT2D eigenvalue weighted by atomic mass is 35.5. The summed E-state index contributed by atoms with van der Waals surface area (Å²) >= 11 is 5.78. The molecule has 0 spiro atoms. The predicted molar refractivity (Wildman–Crippen MR) is 143 cm³/mol. The van der Waals surface area contributed by atoms with Gasteiger partial charge in [-0.2, -0.15) is 13.2 Å². The highest BCUT2D eigenvalue weighted by molar-refractivity contribution is 6.30. The summed E-state index contributed by atoms with van der Waals surface area (Å²) in [7, 11) is 0. The molecule has 1 aliphatic rings. The molecule has 1 N–H and O–H groups in total. The van der Waals surface area contributed by atoms with Gasteiger partial charge in [-0.25, -0.2) is 9.18 Å². The summed E-state index contributed by atoms with van der Waals surface area (Å²) in [5, 5.41) is 2.81. The fourth-order valence-electron chi connectivity index (χ4n) is 4.12. The third kappa shape index (κ3) is 9.52. The minimum Gasteiger partial charge on any atom is -0.493 e. The smallest absolute Gasteiger partial charge is 0.419 e. The Balaban J connectivity index is 1.68. The minimum absolute atomic E-state index is 0.00787. The van der Waals surface area contributed by atoms with Gasteiger partial charge in [0.05, 0.1) is 35.9 Å². The van der Waals surface area contributed by atoms with Crippen LogP contribution in [-0.4, -0.2) is 42.8 Å². The second kappa shape index (κ2) is 12.5. The summed E-state index contributed by atoms with van der Waals surface area (Å²) in [6.45, 7) is 8.92. The number of alkyl carbamates (subject to hydrolysis) is 1. The van der Waals surface area contributed by atoms with Gasteiger partial charge in [0.2, 0.25) is 0 Å². The fourth-order valence-corrected chi connectivity index (χ4v) is 4.33. The molecule has 0 aromatic heterocycles. The lowest BCUT2D eigenvalue weighted by atomic mass is 9.91. The van der Waals surface area contributed by atoms with E-state index in [2.05, 4.69) is 5.32 Å². The van der Waals surface area contributed by atoms with Gasteiger partial charge < -0.3 is 24.3 Å². The van der Waals surface area contributed by atoms with Gasteiger partial charge in [-0.1, -0.05) is 23.7 Å². The van der Waals surface area contributed by atoms with Crippen molar-refractivity contribution in [3.05, 3.63) is 63.9 Å². The SMILES string of the molecule is CC(C)(C)OC(=O)NC1(CCc2ccc(OCCCc3ccc(F)c(Cl)c3)c(C(F)(F)F)c2)COC(C)(C)OC1. The van der Waals surface area contributed by atoms with E-state index in [4.69, 9.17) is 30.5 Å². The van der Waals surface area contributed by atoms with Crippen molar-refractivity contribution in [3.8, 4) is 5.75 Å². The van der Waals surface area contributed by atoms with Crippen LogP contribution in [0, 0.1) is 5.82 Å². The average molecular weight is 590 g/mol. The molecule has 1 fully saturated rings. The number of alkyl halides is 3. The Morgan fingerprint density at radius 2 is 1.65 bits per heavy atom. The number of ether oxygens (including phenoxy) is 4. The van der Waals surface area contributed by atoms with Crippen LogP contribution in [0.3, 0.4) is 0 Å². The number of benzene rings is 2. The number of rotatable bonds is 9. The Hall–Kier alpha value is -2.56. The summed E-state index contributed by atoms with van der Waals surface area (Å²) in [6, 6.07) is 8.24. The molecule has 0 aliphatic carbocycles. The van der Waals surface area contributed by atoms with Gasteiger partial charge in [0.1, 0.15) is 17.2 Å². The van der Waals surface area contributed by atoms with Crippen LogP contribution in [0.15, 0.2) is 36.4 Å². The van der Waals surface area contributed by atoms with E-state index >= 15 is 0 Å². The van der Waals surface area contributed by atoms with Crippen molar-refractivity contribution < 1.29 is 41.3 Å². The molecule has 11 heteroatoms. The molecule has 0 saturated carbocycles. The van der Waals surface area contributed by atoms with Gasteiger partial charge in [-0.15, -0.1) is 0 Å². The van der Waals surface area contributed by atoms with Crippen molar-refractivity contribution >= 4 is 17.7 Å². The van der Waals surface area contributed by atoms with E-state index in [0.717, 1.165) is 11.6 Å². The third-order valence-electron chi connectivity index (χ3n) is 6.25. The van der Waals surface area contributed by atoms with Crippen molar-refractivity contribution in [2.24, 2.45) is 0 Å². The van der Waals surface area contributed by atoms with Crippen LogP contribution in [0.5, 0.6) is 5.75 Å². The zero-order valence-corrected chi connectivity index (χ0v) is 24.1. The maximum Gasteiger partial charge on any atom is 0.419 e. The number of halogens is 5. The van der Waals surface area contributed by atoms with E-state index in [1.165, 1.54) is 18.2 Å². The Bertz CT molecular complexity index is 1170. The average Bonchev–Trinajstić information content (AvgIpc) is 2.83. The van der Waals surface area contributed by atoms with E-state index in [9.17, 15) is 22.4 Å². The lowest BCUT2D eigenvalue weighted by Crippen LogP contribution is -2.61. The number of hydrogen-bond acceptors (Lipinski definition) is 5. The van der Waals surface area contributed by atoms with E-state index in [0.29, 0.717) is 18.4 Å². The third-order valence-corrected chi connectivity index (χ3v) is 6.54. The van der Waals surface area contributed by atoms with E-state index < -0.39 is 40.6 Å². The lowest BCUT2D eigenvalue weighted by molar-refractivity contribution is -0.271. The zero-order chi connectivity index (χ0) is 29.8. The number of aryl methyl sites for hydroxylation is 2. The lowest BCUT2D eigenvalue weighted by Gasteiger charge is -2.44. The van der Waals surface area contributed by atoms with Crippen molar-refractivity contribution in [2.75, 3.05) is 19.8 Å². The molecule has 0 atom stereocenters. The van der Waals surface area contributed by atoms with Crippen LogP contribution in [0.2, 0.25) is 5.02 Å². The molecule has 1 amide bonds. The number of carbonyl (C=O) groups is 1. The highest BCUT2D eigenvalue weighted by Crippen LogP contribution is 2.38. The first-order valence-corrected chi connectivity index (χ1v) is 13.4. The summed E-state index contributed by atoms with van der Waals surface area (Å²) in [5.74, 6) is -1.67. The van der Waals surface area contributed by atoms with Gasteiger partial charge in [-0.05, 0) is 95.7 Å². The van der Waals surface area contributed by atoms with Crippen molar-refractivity contribution in [2.45, 2.75) is 83.4 Å². The maximum absolute atomic E-state index is 13.9. The molecule has 40 heavy (non-hydrogen) atoms. The highest BCUT2D eigenvalue weighted by Gasteiger charge is 2.42. The molecule has 0 unspecified atom stereocenters. The normalized spacial score (nSPS) is 16.9. The molecule has 0 radical (unpaired) electrons. The summed E-state index contributed by atoms with van der Waals surface area (Å²) in [6.07, 6.45) is -3.97. The fraction of sp³-hybridized carbons (Fsp3) is 0.552. The maximum atomic E-state index is 13.9. The molecule has 222 valence electrons. The molecule has 1 heterocycles. The number of amides is 1. The second-order valence-electron chi connectivity index (χ2n) is 11.4. The first-order valence-electron chi connectivity index (χ1n) is 13.0. The van der Waals surface area contributed by atoms with Gasteiger partial charge in [0, 0.05) is 0 Å². The summed E-state index contributed by atoms with van der Waals surface area (Å²) in [5.41, 5.74) is -1.44. The topological polar surface area (TPSA) is 66.0 Å². The van der Waals surface area contributed by atoms with Crippen LogP contribution in [0.25, 0.3) is 0 Å². The van der Waals surface area contributed by atoms with Crippen molar-refractivity contribution in [1.29, 1.82) is 0 Å². The van der Waals surface area contributed by atoms with E-state index in [1.807, 2.05) is 0 Å². The number of nitrogens with one attached hydrogen (secondary N) is 1. The first-order chi connectivity index (χ1) is 18.5. The van der Waals surface area contributed by atoms with Crippen LogP contribution < -0.4 is 10.1 Å². The number of carbonyl (C=O) groups excluding carboxylic acids is 1. The molecular formula is C29H36ClF4NO5. The molecule has 1 aliphatic heterocycles. The Kier molecular flexibility index (Phi) is 10.0. The Morgan fingerprint density at radius 1 is 1.02 bits per heavy atom. The summed E-state index contributed by atoms with van der Waals surface area (Å²) < 4.78 is 77.5. The van der Waals surface area contributed by atoms with Gasteiger partial charge in [0.15, 0.2) is 5.79 Å². The summed E-state index contributed by atoms with van der Waals surface area (Å²) in [4.78, 5) is 12.5. The van der Waals surface area contributed by atoms with Gasteiger partial charge in [-0.3, -0.25) is 0 Å².